The van der Waals surface area contributed by atoms with Gasteiger partial charge in [0, 0.05) is 0 Å². The first kappa shape index (κ1) is 40.3. The van der Waals surface area contributed by atoms with Crippen molar-refractivity contribution in [3.05, 3.63) is 0 Å². The Morgan fingerprint density at radius 3 is 1.17 bits per heavy atom. The first-order chi connectivity index (χ1) is 16.2. The Kier molecular flexibility index (Phi) is 24.0. The predicted molar refractivity (Wildman–Crippen MR) is 122 cm³/mol. The quantitative estimate of drug-likeness (QED) is 0.115. The van der Waals surface area contributed by atoms with E-state index in [0.717, 1.165) is 11.0 Å². The minimum atomic E-state index is -2.85. The lowest BCUT2D eigenvalue weighted by atomic mass is 9.96. The first-order valence-electron chi connectivity index (χ1n) is 10.8. The van der Waals surface area contributed by atoms with Gasteiger partial charge < -0.3 is 55.2 Å². The highest BCUT2D eigenvalue weighted by Gasteiger charge is 2.34. The van der Waals surface area contributed by atoms with E-state index >= 15 is 0 Å². The zero-order valence-corrected chi connectivity index (χ0v) is 21.3. The van der Waals surface area contributed by atoms with E-state index in [-0.39, 0.29) is 6.61 Å². The number of carbonyl (C=O) groups excluding carboxylic acids is 1. The fourth-order valence-corrected chi connectivity index (χ4v) is 1.80. The summed E-state index contributed by atoms with van der Waals surface area (Å²) in [5, 5.41) is 77.1. The molecule has 15 nitrogen and oxygen atoms in total. The van der Waals surface area contributed by atoms with E-state index < -0.39 is 60.5 Å². The van der Waals surface area contributed by atoms with Gasteiger partial charge in [-0.2, -0.15) is 0 Å². The summed E-state index contributed by atoms with van der Waals surface area (Å²) in [7, 11) is 6.16. The van der Waals surface area contributed by atoms with Crippen molar-refractivity contribution in [2.75, 3.05) is 34.3 Å². The van der Waals surface area contributed by atoms with E-state index in [4.69, 9.17) is 40.9 Å². The smallest absolute Gasteiger partial charge is 0.332 e. The standard InChI is InChI=1S/C6H8O7.C5H14NO.2C5H10O3/c7-3(8)1-6(13,5(11)12)2-4(9)10;1-6(2,3)4-5-7;2*1-2-3-4(6)5(7)8/h13H,1-2H2,(H,7,8)(H,9,10)(H,11,12);7H,4-5H2,1-3H3;2*4,6H,2-3H2,1H3,(H,7,8)/q;+1;;/p-1. The molecule has 0 fully saturated rings. The third-order valence-corrected chi connectivity index (χ3v) is 3.73. The predicted octanol–water partition coefficient (Wildman–Crippen LogP) is -2.43. The third-order valence-electron chi connectivity index (χ3n) is 3.73. The molecule has 0 amide bonds. The molecule has 0 bridgehead atoms. The molecule has 0 aromatic carbocycles. The number of quaternary nitrogens is 1. The van der Waals surface area contributed by atoms with Crippen LogP contribution in [-0.4, -0.2) is 127 Å². The van der Waals surface area contributed by atoms with Crippen LogP contribution < -0.4 is 5.11 Å². The number of carboxylic acids is 5. The molecule has 0 spiro atoms. The molecule has 0 aliphatic rings. The van der Waals surface area contributed by atoms with Crippen LogP contribution in [0, 0.1) is 0 Å². The highest BCUT2D eigenvalue weighted by atomic mass is 16.4. The van der Waals surface area contributed by atoms with Crippen LogP contribution >= 0.6 is 0 Å². The number of nitrogens with zero attached hydrogens (tertiary/aromatic N) is 1. The number of rotatable bonds is 13. The van der Waals surface area contributed by atoms with Gasteiger partial charge in [0.1, 0.15) is 12.1 Å². The molecule has 214 valence electrons. The Labute approximate surface area is 209 Å². The minimum Gasteiger partial charge on any atom is -0.547 e. The van der Waals surface area contributed by atoms with Crippen molar-refractivity contribution in [2.24, 2.45) is 0 Å². The lowest BCUT2D eigenvalue weighted by molar-refractivity contribution is -0.870. The summed E-state index contributed by atoms with van der Waals surface area (Å²) in [6, 6.07) is 0. The van der Waals surface area contributed by atoms with Crippen LogP contribution in [0.25, 0.3) is 0 Å². The van der Waals surface area contributed by atoms with E-state index in [0.29, 0.717) is 25.7 Å². The Hall–Kier alpha value is -2.85. The van der Waals surface area contributed by atoms with E-state index in [2.05, 4.69) is 21.1 Å². The van der Waals surface area contributed by atoms with Crippen molar-refractivity contribution in [3.63, 3.8) is 0 Å². The molecule has 2 unspecified atom stereocenters. The maximum atomic E-state index is 10.2. The van der Waals surface area contributed by atoms with Gasteiger partial charge in [-0.3, -0.25) is 9.59 Å². The summed E-state index contributed by atoms with van der Waals surface area (Å²) in [5.74, 6) is -7.61. The Morgan fingerprint density at radius 2 is 1.08 bits per heavy atom. The molecular formula is C21H41NO14. The number of hydrogen-bond acceptors (Lipinski definition) is 10. The molecule has 0 saturated heterocycles. The van der Waals surface area contributed by atoms with Gasteiger partial charge in [0.2, 0.25) is 0 Å². The second-order valence-corrected chi connectivity index (χ2v) is 8.48. The molecule has 0 aliphatic carbocycles. The minimum absolute atomic E-state index is 0.281. The molecule has 2 atom stereocenters. The van der Waals surface area contributed by atoms with E-state index in [1.807, 2.05) is 13.8 Å². The molecule has 0 aliphatic heterocycles. The molecule has 8 N–H and O–H groups in total. The van der Waals surface area contributed by atoms with Gasteiger partial charge in [0.25, 0.3) is 0 Å². The zero-order chi connectivity index (χ0) is 29.7. The van der Waals surface area contributed by atoms with Gasteiger partial charge in [-0.25, -0.2) is 9.59 Å². The van der Waals surface area contributed by atoms with Crippen LogP contribution in [0.4, 0.5) is 0 Å². The molecule has 0 radical (unpaired) electrons. The van der Waals surface area contributed by atoms with Gasteiger partial charge in [-0.15, -0.1) is 0 Å². The molecule has 36 heavy (non-hydrogen) atoms. The fourth-order valence-electron chi connectivity index (χ4n) is 1.80. The molecule has 15 heteroatoms. The third kappa shape index (κ3) is 29.2. The zero-order valence-electron chi connectivity index (χ0n) is 21.3. The molecule has 0 rings (SSSR count). The number of carbonyl (C=O) groups is 5. The number of aliphatic hydroxyl groups excluding tert-OH is 3. The van der Waals surface area contributed by atoms with Crippen molar-refractivity contribution in [1.29, 1.82) is 0 Å². The Balaban J connectivity index is -0.000000197. The van der Waals surface area contributed by atoms with Crippen LogP contribution in [0.5, 0.6) is 0 Å². The summed E-state index contributed by atoms with van der Waals surface area (Å²) in [6.07, 6.45) is -2.66. The van der Waals surface area contributed by atoms with Crippen LogP contribution in [-0.2, 0) is 24.0 Å². The molecule has 0 saturated carbocycles. The number of likely N-dealkylation sites (N-methyl/N-ethyl adjacent to an activating group) is 1. The number of aliphatic hydroxyl groups is 4. The number of hydrogen-bond donors (Lipinski definition) is 8. The van der Waals surface area contributed by atoms with Crippen molar-refractivity contribution in [2.45, 2.75) is 70.2 Å². The van der Waals surface area contributed by atoms with Crippen molar-refractivity contribution >= 4 is 29.8 Å². The molecular weight excluding hydrogens is 490 g/mol. The Bertz CT molecular complexity index is 621. The van der Waals surface area contributed by atoms with Crippen LogP contribution in [0.1, 0.15) is 52.4 Å². The van der Waals surface area contributed by atoms with Crippen LogP contribution in [0.15, 0.2) is 0 Å². The monoisotopic (exact) mass is 531 g/mol. The van der Waals surface area contributed by atoms with Crippen molar-refractivity contribution < 1.29 is 74.4 Å². The number of aliphatic carboxylic acids is 5. The highest BCUT2D eigenvalue weighted by Crippen LogP contribution is 2.14. The lowest BCUT2D eigenvalue weighted by Gasteiger charge is -2.25. The SMILES string of the molecule is CCCC(O)C(=O)O.CCCC(O)C(=O)O.C[N+](C)(C)CCO.O=C(O)CC(O)(CC(=O)O)C(=O)[O-]. The van der Waals surface area contributed by atoms with Gasteiger partial charge in [-0.1, -0.05) is 26.7 Å². The fraction of sp³-hybridized carbons (Fsp3) is 0.762. The average molecular weight is 532 g/mol. The maximum Gasteiger partial charge on any atom is 0.332 e. The largest absolute Gasteiger partial charge is 0.547 e. The summed E-state index contributed by atoms with van der Waals surface area (Å²) >= 11 is 0. The van der Waals surface area contributed by atoms with Gasteiger partial charge >= 0.3 is 23.9 Å². The molecule has 0 aromatic rings. The van der Waals surface area contributed by atoms with Crippen LogP contribution in [0.3, 0.4) is 0 Å². The summed E-state index contributed by atoms with van der Waals surface area (Å²) in [5.41, 5.74) is -2.85. The van der Waals surface area contributed by atoms with Gasteiger partial charge in [0.05, 0.1) is 46.6 Å². The molecule has 0 aromatic heterocycles. The Morgan fingerprint density at radius 1 is 0.778 bits per heavy atom. The maximum absolute atomic E-state index is 10.2. The lowest BCUT2D eigenvalue weighted by Crippen LogP contribution is -2.51. The average Bonchev–Trinajstić information content (AvgIpc) is 2.67. The van der Waals surface area contributed by atoms with Gasteiger partial charge in [-0.05, 0) is 12.8 Å². The van der Waals surface area contributed by atoms with Crippen molar-refractivity contribution in [1.82, 2.24) is 0 Å². The van der Waals surface area contributed by atoms with E-state index in [1.54, 1.807) is 0 Å². The van der Waals surface area contributed by atoms with E-state index in [9.17, 15) is 29.1 Å². The van der Waals surface area contributed by atoms with Crippen molar-refractivity contribution in [3.8, 4) is 0 Å². The van der Waals surface area contributed by atoms with E-state index in [1.165, 1.54) is 0 Å². The summed E-state index contributed by atoms with van der Waals surface area (Å²) in [4.78, 5) is 50.0. The number of carboxylic acid groups (broad SMARTS) is 5. The van der Waals surface area contributed by atoms with Gasteiger partial charge in [0.15, 0.2) is 12.2 Å². The topological polar surface area (TPSA) is 270 Å². The highest BCUT2D eigenvalue weighted by molar-refractivity contribution is 5.86. The van der Waals surface area contributed by atoms with Crippen LogP contribution in [0.2, 0.25) is 0 Å². The molecule has 0 heterocycles. The normalized spacial score (nSPS) is 12.1. The summed E-state index contributed by atoms with van der Waals surface area (Å²) < 4.78 is 0.844. The first-order valence-corrected chi connectivity index (χ1v) is 10.8. The summed E-state index contributed by atoms with van der Waals surface area (Å²) in [6.45, 7) is 4.77. The second-order valence-electron chi connectivity index (χ2n) is 8.48. The second kappa shape index (κ2) is 21.4.